The lowest BCUT2D eigenvalue weighted by Crippen LogP contribution is -2.29. The average molecular weight is 302 g/mol. The Morgan fingerprint density at radius 3 is 2.64 bits per heavy atom. The monoisotopic (exact) mass is 302 g/mol. The predicted molar refractivity (Wildman–Crippen MR) is 79.3 cm³/mol. The van der Waals surface area contributed by atoms with Gasteiger partial charge in [-0.1, -0.05) is 5.16 Å². The summed E-state index contributed by atoms with van der Waals surface area (Å²) in [6.45, 7) is 1.77. The Bertz CT molecular complexity index is 645. The largest absolute Gasteiger partial charge is 0.481 e. The van der Waals surface area contributed by atoms with Crippen LogP contribution in [-0.2, 0) is 4.79 Å². The highest BCUT2D eigenvalue weighted by atomic mass is 16.5. The van der Waals surface area contributed by atoms with Crippen LogP contribution in [0.1, 0.15) is 31.5 Å². The summed E-state index contributed by atoms with van der Waals surface area (Å²) in [7, 11) is 0. The fourth-order valence-electron chi connectivity index (χ4n) is 2.71. The van der Waals surface area contributed by atoms with Gasteiger partial charge in [0.2, 0.25) is 0 Å². The molecule has 0 unspecified atom stereocenters. The molecule has 2 heterocycles. The first-order chi connectivity index (χ1) is 10.6. The number of hydrogen-bond acceptors (Lipinski definition) is 6. The van der Waals surface area contributed by atoms with Crippen molar-refractivity contribution in [2.45, 2.75) is 38.6 Å². The van der Waals surface area contributed by atoms with Gasteiger partial charge in [-0.15, -0.1) is 0 Å². The van der Waals surface area contributed by atoms with Crippen LogP contribution >= 0.6 is 0 Å². The molecule has 0 aromatic carbocycles. The molecule has 1 saturated carbocycles. The highest BCUT2D eigenvalue weighted by Gasteiger charge is 2.25. The van der Waals surface area contributed by atoms with E-state index in [0.717, 1.165) is 24.2 Å². The predicted octanol–water partition coefficient (Wildman–Crippen LogP) is 2.50. The molecule has 1 fully saturated rings. The van der Waals surface area contributed by atoms with Gasteiger partial charge in [-0.2, -0.15) is 4.98 Å². The van der Waals surface area contributed by atoms with Crippen LogP contribution in [0.4, 0.5) is 5.82 Å². The molecule has 7 heteroatoms. The molecule has 2 aromatic rings. The molecule has 1 aliphatic rings. The summed E-state index contributed by atoms with van der Waals surface area (Å²) in [6.07, 6.45) is 4.82. The summed E-state index contributed by atoms with van der Waals surface area (Å²) in [6, 6.07) is 4.03. The molecular formula is C15H18N4O3. The fraction of sp³-hybridized carbons (Fsp3) is 0.467. The number of nitrogens with one attached hydrogen (secondary N) is 1. The van der Waals surface area contributed by atoms with Crippen LogP contribution in [0.3, 0.4) is 0 Å². The minimum absolute atomic E-state index is 0.200. The maximum atomic E-state index is 10.9. The highest BCUT2D eigenvalue weighted by Crippen LogP contribution is 2.26. The number of pyridine rings is 1. The topological polar surface area (TPSA) is 101 Å². The zero-order valence-electron chi connectivity index (χ0n) is 12.3. The molecule has 0 atom stereocenters. The molecule has 3 rings (SSSR count). The minimum Gasteiger partial charge on any atom is -0.481 e. The third-order valence-corrected chi connectivity index (χ3v) is 3.97. The van der Waals surface area contributed by atoms with Crippen molar-refractivity contribution in [3.8, 4) is 11.5 Å². The van der Waals surface area contributed by atoms with E-state index < -0.39 is 5.97 Å². The van der Waals surface area contributed by atoms with E-state index in [0.29, 0.717) is 24.6 Å². The van der Waals surface area contributed by atoms with Crippen LogP contribution in [-0.4, -0.2) is 32.2 Å². The van der Waals surface area contributed by atoms with Gasteiger partial charge in [-0.25, -0.2) is 4.98 Å². The Labute approximate surface area is 127 Å². The summed E-state index contributed by atoms with van der Waals surface area (Å²) in [5.41, 5.74) is 0.778. The van der Waals surface area contributed by atoms with Crippen molar-refractivity contribution >= 4 is 11.8 Å². The Balaban J connectivity index is 1.59. The van der Waals surface area contributed by atoms with Crippen molar-refractivity contribution < 1.29 is 14.4 Å². The van der Waals surface area contributed by atoms with Gasteiger partial charge >= 0.3 is 5.97 Å². The Morgan fingerprint density at radius 1 is 1.32 bits per heavy atom. The number of anilines is 1. The van der Waals surface area contributed by atoms with Gasteiger partial charge in [0.15, 0.2) is 5.82 Å². The van der Waals surface area contributed by atoms with Gasteiger partial charge in [0.1, 0.15) is 5.82 Å². The molecule has 0 radical (unpaired) electrons. The van der Waals surface area contributed by atoms with E-state index in [9.17, 15) is 4.79 Å². The van der Waals surface area contributed by atoms with Crippen molar-refractivity contribution in [2.24, 2.45) is 5.92 Å². The van der Waals surface area contributed by atoms with Crippen LogP contribution in [0.2, 0.25) is 0 Å². The van der Waals surface area contributed by atoms with Crippen molar-refractivity contribution in [1.29, 1.82) is 0 Å². The second-order valence-corrected chi connectivity index (χ2v) is 5.61. The van der Waals surface area contributed by atoms with Crippen LogP contribution in [0.25, 0.3) is 11.5 Å². The third-order valence-electron chi connectivity index (χ3n) is 3.97. The first-order valence-corrected chi connectivity index (χ1v) is 7.38. The standard InChI is InChI=1S/C15H18N4O3/c1-9-17-14(22-19-9)11-4-7-13(16-8-11)18-12-5-2-10(3-6-12)15(20)21/h4,7-8,10,12H,2-3,5-6H2,1H3,(H,16,18)(H,20,21). The van der Waals surface area contributed by atoms with Gasteiger partial charge in [0.05, 0.1) is 11.5 Å². The fourth-order valence-corrected chi connectivity index (χ4v) is 2.71. The molecule has 0 bridgehead atoms. The normalized spacial score (nSPS) is 21.5. The number of aryl methyl sites for hydroxylation is 1. The number of carbonyl (C=O) groups is 1. The SMILES string of the molecule is Cc1noc(-c2ccc(NC3CCC(C(=O)O)CC3)nc2)n1. The lowest BCUT2D eigenvalue weighted by molar-refractivity contribution is -0.142. The van der Waals surface area contributed by atoms with Gasteiger partial charge in [-0.05, 0) is 44.7 Å². The van der Waals surface area contributed by atoms with E-state index in [-0.39, 0.29) is 12.0 Å². The number of nitrogens with zero attached hydrogens (tertiary/aromatic N) is 3. The first kappa shape index (κ1) is 14.5. The number of aromatic nitrogens is 3. The number of hydrogen-bond donors (Lipinski definition) is 2. The minimum atomic E-state index is -0.684. The van der Waals surface area contributed by atoms with Gasteiger partial charge in [0.25, 0.3) is 5.89 Å². The number of carboxylic acids is 1. The van der Waals surface area contributed by atoms with E-state index in [1.165, 1.54) is 0 Å². The molecule has 116 valence electrons. The van der Waals surface area contributed by atoms with Crippen LogP contribution in [0, 0.1) is 12.8 Å². The molecule has 0 amide bonds. The summed E-state index contributed by atoms with van der Waals surface area (Å²) >= 11 is 0. The summed E-state index contributed by atoms with van der Waals surface area (Å²) < 4.78 is 5.10. The van der Waals surface area contributed by atoms with Crippen molar-refractivity contribution in [2.75, 3.05) is 5.32 Å². The van der Waals surface area contributed by atoms with Crippen LogP contribution in [0.5, 0.6) is 0 Å². The smallest absolute Gasteiger partial charge is 0.306 e. The second kappa shape index (κ2) is 6.13. The second-order valence-electron chi connectivity index (χ2n) is 5.61. The van der Waals surface area contributed by atoms with Crippen LogP contribution in [0.15, 0.2) is 22.9 Å². The summed E-state index contributed by atoms with van der Waals surface area (Å²) in [5.74, 6) is 0.939. The van der Waals surface area contributed by atoms with Crippen LogP contribution < -0.4 is 5.32 Å². The van der Waals surface area contributed by atoms with E-state index in [2.05, 4.69) is 20.4 Å². The van der Waals surface area contributed by atoms with E-state index in [1.807, 2.05) is 12.1 Å². The Hall–Kier alpha value is -2.44. The van der Waals surface area contributed by atoms with Crippen molar-refractivity contribution in [3.63, 3.8) is 0 Å². The van der Waals surface area contributed by atoms with Gasteiger partial charge in [0, 0.05) is 12.2 Å². The zero-order valence-corrected chi connectivity index (χ0v) is 12.3. The van der Waals surface area contributed by atoms with E-state index in [1.54, 1.807) is 13.1 Å². The van der Waals surface area contributed by atoms with E-state index in [4.69, 9.17) is 9.63 Å². The molecular weight excluding hydrogens is 284 g/mol. The maximum Gasteiger partial charge on any atom is 0.306 e. The summed E-state index contributed by atoms with van der Waals surface area (Å²) in [5, 5.41) is 16.1. The maximum absolute atomic E-state index is 10.9. The summed E-state index contributed by atoms with van der Waals surface area (Å²) in [4.78, 5) is 19.5. The van der Waals surface area contributed by atoms with Gasteiger partial charge in [-0.3, -0.25) is 4.79 Å². The molecule has 1 aliphatic carbocycles. The van der Waals surface area contributed by atoms with Crippen molar-refractivity contribution in [3.05, 3.63) is 24.2 Å². The first-order valence-electron chi connectivity index (χ1n) is 7.38. The molecule has 0 aliphatic heterocycles. The molecule has 0 saturated heterocycles. The van der Waals surface area contributed by atoms with Crippen molar-refractivity contribution in [1.82, 2.24) is 15.1 Å². The third kappa shape index (κ3) is 3.24. The molecule has 7 nitrogen and oxygen atoms in total. The van der Waals surface area contributed by atoms with E-state index >= 15 is 0 Å². The quantitative estimate of drug-likeness (QED) is 0.894. The molecule has 2 aromatic heterocycles. The average Bonchev–Trinajstić information content (AvgIpc) is 2.95. The number of carboxylic acid groups (broad SMARTS) is 1. The lowest BCUT2D eigenvalue weighted by atomic mass is 9.86. The number of aliphatic carboxylic acids is 1. The Kier molecular flexibility index (Phi) is 4.04. The molecule has 0 spiro atoms. The zero-order chi connectivity index (χ0) is 15.5. The highest BCUT2D eigenvalue weighted by molar-refractivity contribution is 5.70. The molecule has 22 heavy (non-hydrogen) atoms. The Morgan fingerprint density at radius 2 is 2.09 bits per heavy atom. The number of rotatable bonds is 4. The molecule has 2 N–H and O–H groups in total. The lowest BCUT2D eigenvalue weighted by Gasteiger charge is -2.27. The van der Waals surface area contributed by atoms with Gasteiger partial charge < -0.3 is 14.9 Å².